The van der Waals surface area contributed by atoms with Crippen LogP contribution in [-0.2, 0) is 6.42 Å². The van der Waals surface area contributed by atoms with Gasteiger partial charge in [-0.2, -0.15) is 0 Å². The van der Waals surface area contributed by atoms with E-state index in [1.807, 2.05) is 16.7 Å². The van der Waals surface area contributed by atoms with Crippen LogP contribution in [0.15, 0.2) is 49.1 Å². The average molecular weight is 390 g/mol. The van der Waals surface area contributed by atoms with Crippen LogP contribution in [0.1, 0.15) is 25.5 Å². The SMILES string of the molecule is CC(C)n1cnc2c(NCCc3ccc(O)c(O)c3)nc(-c3cccnc3)nc21. The molecule has 4 aromatic rings. The minimum Gasteiger partial charge on any atom is -0.504 e. The monoisotopic (exact) mass is 390 g/mol. The van der Waals surface area contributed by atoms with Gasteiger partial charge in [0.2, 0.25) is 0 Å². The predicted octanol–water partition coefficient (Wildman–Crippen LogP) is 3.54. The standard InChI is InChI=1S/C21H22N6O2/c1-13(2)27-12-24-18-20(23-9-7-14-5-6-16(28)17(29)10-14)25-19(26-21(18)27)15-4-3-8-22-11-15/h3-6,8,10-13,28-29H,7,9H2,1-2H3,(H,23,25,26). The Kier molecular flexibility index (Phi) is 4.99. The van der Waals surface area contributed by atoms with Gasteiger partial charge in [0, 0.05) is 30.5 Å². The van der Waals surface area contributed by atoms with Crippen molar-refractivity contribution in [1.29, 1.82) is 0 Å². The van der Waals surface area contributed by atoms with Crippen molar-refractivity contribution in [1.82, 2.24) is 24.5 Å². The maximum Gasteiger partial charge on any atom is 0.166 e. The summed E-state index contributed by atoms with van der Waals surface area (Å²) in [5.41, 5.74) is 3.20. The van der Waals surface area contributed by atoms with E-state index < -0.39 is 0 Å². The molecule has 0 saturated carbocycles. The highest BCUT2D eigenvalue weighted by Gasteiger charge is 2.15. The number of phenolic OH excluding ortho intramolecular Hbond substituents is 2. The number of phenols is 2. The number of anilines is 1. The van der Waals surface area contributed by atoms with Gasteiger partial charge in [0.1, 0.15) is 5.52 Å². The van der Waals surface area contributed by atoms with Crippen LogP contribution >= 0.6 is 0 Å². The summed E-state index contributed by atoms with van der Waals surface area (Å²) < 4.78 is 2.01. The molecule has 0 bridgehead atoms. The number of nitrogens with zero attached hydrogens (tertiary/aromatic N) is 5. The molecule has 0 fully saturated rings. The molecule has 4 rings (SSSR count). The smallest absolute Gasteiger partial charge is 0.166 e. The lowest BCUT2D eigenvalue weighted by Crippen LogP contribution is -2.09. The summed E-state index contributed by atoms with van der Waals surface area (Å²) in [6.07, 6.45) is 5.87. The molecule has 0 unspecified atom stereocenters. The van der Waals surface area contributed by atoms with Crippen LogP contribution in [0.25, 0.3) is 22.6 Å². The maximum atomic E-state index is 9.67. The highest BCUT2D eigenvalue weighted by atomic mass is 16.3. The molecule has 29 heavy (non-hydrogen) atoms. The molecule has 8 nitrogen and oxygen atoms in total. The van der Waals surface area contributed by atoms with E-state index in [2.05, 4.69) is 34.1 Å². The van der Waals surface area contributed by atoms with Gasteiger partial charge in [0.25, 0.3) is 0 Å². The summed E-state index contributed by atoms with van der Waals surface area (Å²) in [6.45, 7) is 4.74. The quantitative estimate of drug-likeness (QED) is 0.432. The Bertz CT molecular complexity index is 1140. The predicted molar refractivity (Wildman–Crippen MR) is 111 cm³/mol. The second kappa shape index (κ2) is 7.75. The molecule has 3 N–H and O–H groups in total. The number of nitrogens with one attached hydrogen (secondary N) is 1. The molecule has 0 aliphatic heterocycles. The number of rotatable bonds is 6. The summed E-state index contributed by atoms with van der Waals surface area (Å²) in [6, 6.07) is 8.81. The van der Waals surface area contributed by atoms with E-state index in [4.69, 9.17) is 4.98 Å². The molecule has 1 aromatic carbocycles. The molecule has 0 saturated heterocycles. The molecule has 0 spiro atoms. The van der Waals surface area contributed by atoms with Crippen molar-refractivity contribution in [3.8, 4) is 22.9 Å². The molecule has 0 aliphatic rings. The van der Waals surface area contributed by atoms with E-state index in [9.17, 15) is 10.2 Å². The third kappa shape index (κ3) is 3.82. The second-order valence-corrected chi connectivity index (χ2v) is 7.06. The van der Waals surface area contributed by atoms with Crippen molar-refractivity contribution in [2.24, 2.45) is 0 Å². The molecule has 0 radical (unpaired) electrons. The lowest BCUT2D eigenvalue weighted by molar-refractivity contribution is 0.403. The molecule has 0 amide bonds. The Balaban J connectivity index is 1.66. The molecule has 0 atom stereocenters. The number of hydrogen-bond acceptors (Lipinski definition) is 7. The van der Waals surface area contributed by atoms with Crippen molar-refractivity contribution in [3.05, 3.63) is 54.6 Å². The molecular weight excluding hydrogens is 368 g/mol. The van der Waals surface area contributed by atoms with Gasteiger partial charge in [-0.15, -0.1) is 0 Å². The summed E-state index contributed by atoms with van der Waals surface area (Å²) in [7, 11) is 0. The van der Waals surface area contributed by atoms with Gasteiger partial charge in [-0.25, -0.2) is 15.0 Å². The highest BCUT2D eigenvalue weighted by molar-refractivity contribution is 5.85. The number of fused-ring (bicyclic) bond motifs is 1. The van der Waals surface area contributed by atoms with Crippen LogP contribution in [0.3, 0.4) is 0 Å². The van der Waals surface area contributed by atoms with Gasteiger partial charge in [-0.3, -0.25) is 4.98 Å². The summed E-state index contributed by atoms with van der Waals surface area (Å²) >= 11 is 0. The first-order chi connectivity index (χ1) is 14.0. The van der Waals surface area contributed by atoms with Crippen LogP contribution in [0.2, 0.25) is 0 Å². The molecule has 148 valence electrons. The second-order valence-electron chi connectivity index (χ2n) is 7.06. The first kappa shape index (κ1) is 18.7. The Morgan fingerprint density at radius 3 is 2.69 bits per heavy atom. The summed E-state index contributed by atoms with van der Waals surface area (Å²) in [5.74, 6) is 0.982. The third-order valence-corrected chi connectivity index (χ3v) is 4.64. The van der Waals surface area contributed by atoms with E-state index in [0.717, 1.165) is 16.8 Å². The fourth-order valence-corrected chi connectivity index (χ4v) is 3.09. The molecule has 0 aliphatic carbocycles. The van der Waals surface area contributed by atoms with Gasteiger partial charge >= 0.3 is 0 Å². The summed E-state index contributed by atoms with van der Waals surface area (Å²) in [5, 5.41) is 22.5. The average Bonchev–Trinajstić information content (AvgIpc) is 3.16. The molecule has 3 heterocycles. The fourth-order valence-electron chi connectivity index (χ4n) is 3.09. The zero-order valence-corrected chi connectivity index (χ0v) is 16.2. The molecule has 8 heteroatoms. The van der Waals surface area contributed by atoms with Gasteiger partial charge in [-0.05, 0) is 50.1 Å². The number of aromatic nitrogens is 5. The Labute approximate surface area is 167 Å². The van der Waals surface area contributed by atoms with Crippen molar-refractivity contribution < 1.29 is 10.2 Å². The first-order valence-corrected chi connectivity index (χ1v) is 9.42. The number of imidazole rings is 1. The maximum absolute atomic E-state index is 9.67. The lowest BCUT2D eigenvalue weighted by Gasteiger charge is -2.11. The minimum absolute atomic E-state index is 0.124. The third-order valence-electron chi connectivity index (χ3n) is 4.64. The topological polar surface area (TPSA) is 109 Å². The van der Waals surface area contributed by atoms with Gasteiger partial charge in [0.05, 0.1) is 6.33 Å². The first-order valence-electron chi connectivity index (χ1n) is 9.42. The Morgan fingerprint density at radius 1 is 1.10 bits per heavy atom. The Hall–Kier alpha value is -3.68. The van der Waals surface area contributed by atoms with Crippen molar-refractivity contribution in [2.75, 3.05) is 11.9 Å². The summed E-state index contributed by atoms with van der Waals surface area (Å²) in [4.78, 5) is 18.1. The van der Waals surface area contributed by atoms with Gasteiger partial charge in [0.15, 0.2) is 28.8 Å². The number of hydrogen-bond donors (Lipinski definition) is 3. The molecule has 3 aromatic heterocycles. The largest absolute Gasteiger partial charge is 0.504 e. The van der Waals surface area contributed by atoms with Gasteiger partial charge < -0.3 is 20.1 Å². The zero-order chi connectivity index (χ0) is 20.4. The van der Waals surface area contributed by atoms with Crippen LogP contribution in [0, 0.1) is 0 Å². The van der Waals surface area contributed by atoms with E-state index in [1.165, 1.54) is 6.07 Å². The van der Waals surface area contributed by atoms with Crippen molar-refractivity contribution >= 4 is 17.0 Å². The van der Waals surface area contributed by atoms with Crippen LogP contribution in [0.5, 0.6) is 11.5 Å². The van der Waals surface area contributed by atoms with Crippen molar-refractivity contribution in [3.63, 3.8) is 0 Å². The van der Waals surface area contributed by atoms with Crippen LogP contribution in [0.4, 0.5) is 5.82 Å². The molecular formula is C21H22N6O2. The number of aromatic hydroxyl groups is 2. The fraction of sp³-hybridized carbons (Fsp3) is 0.238. The van der Waals surface area contributed by atoms with Crippen molar-refractivity contribution in [2.45, 2.75) is 26.3 Å². The van der Waals surface area contributed by atoms with E-state index in [0.29, 0.717) is 30.1 Å². The normalized spacial score (nSPS) is 11.3. The Morgan fingerprint density at radius 2 is 1.97 bits per heavy atom. The van der Waals surface area contributed by atoms with E-state index in [-0.39, 0.29) is 17.5 Å². The van der Waals surface area contributed by atoms with E-state index >= 15 is 0 Å². The van der Waals surface area contributed by atoms with E-state index in [1.54, 1.807) is 30.9 Å². The number of benzene rings is 1. The number of pyridine rings is 1. The minimum atomic E-state index is -0.125. The van der Waals surface area contributed by atoms with Gasteiger partial charge in [-0.1, -0.05) is 6.07 Å². The highest BCUT2D eigenvalue weighted by Crippen LogP contribution is 2.27. The van der Waals surface area contributed by atoms with Crippen LogP contribution < -0.4 is 5.32 Å². The van der Waals surface area contributed by atoms with Crippen LogP contribution in [-0.4, -0.2) is 41.3 Å². The zero-order valence-electron chi connectivity index (χ0n) is 16.2. The lowest BCUT2D eigenvalue weighted by atomic mass is 10.1.